The largest absolute Gasteiger partial charge is 0.496 e. The molecule has 0 saturated carbocycles. The van der Waals surface area contributed by atoms with Gasteiger partial charge >= 0.3 is 0 Å². The molecule has 6 nitrogen and oxygen atoms in total. The second-order valence-electron chi connectivity index (χ2n) is 4.06. The maximum Gasteiger partial charge on any atom is 0.239 e. The summed E-state index contributed by atoms with van der Waals surface area (Å²) >= 11 is 0. The number of amides is 2. The minimum Gasteiger partial charge on any atom is -0.496 e. The zero-order chi connectivity index (χ0) is 14.3. The van der Waals surface area contributed by atoms with Crippen LogP contribution in [0.2, 0.25) is 0 Å². The monoisotopic (exact) mass is 301 g/mol. The van der Waals surface area contributed by atoms with Gasteiger partial charge in [0.25, 0.3) is 0 Å². The standard InChI is InChI=1S/C13H19N3O3.ClH/c1-9-3-4-10(5-11(9)19-2)7-15-13(18)8-16-12(17)6-14;/h3-5H,6-8,14H2,1-2H3,(H,15,18)(H,16,17);1H. The number of aryl methyl sites for hydroxylation is 1. The lowest BCUT2D eigenvalue weighted by atomic mass is 10.1. The molecule has 0 unspecified atom stereocenters. The highest BCUT2D eigenvalue weighted by atomic mass is 35.5. The van der Waals surface area contributed by atoms with Crippen molar-refractivity contribution in [3.63, 3.8) is 0 Å². The first kappa shape index (κ1) is 18.2. The van der Waals surface area contributed by atoms with Gasteiger partial charge in [-0.2, -0.15) is 0 Å². The molecule has 0 aliphatic heterocycles. The van der Waals surface area contributed by atoms with Gasteiger partial charge in [0.05, 0.1) is 20.2 Å². The van der Waals surface area contributed by atoms with Crippen LogP contribution in [-0.2, 0) is 16.1 Å². The van der Waals surface area contributed by atoms with Crippen LogP contribution in [0.1, 0.15) is 11.1 Å². The summed E-state index contributed by atoms with van der Waals surface area (Å²) < 4.78 is 5.20. The van der Waals surface area contributed by atoms with E-state index in [0.29, 0.717) is 6.54 Å². The van der Waals surface area contributed by atoms with Crippen LogP contribution in [0, 0.1) is 6.92 Å². The predicted molar refractivity (Wildman–Crippen MR) is 78.9 cm³/mol. The van der Waals surface area contributed by atoms with Crippen molar-refractivity contribution in [3.8, 4) is 5.75 Å². The number of benzene rings is 1. The van der Waals surface area contributed by atoms with Crippen LogP contribution in [-0.4, -0.2) is 32.0 Å². The molecule has 1 rings (SSSR count). The van der Waals surface area contributed by atoms with Gasteiger partial charge in [0.2, 0.25) is 11.8 Å². The van der Waals surface area contributed by atoms with E-state index in [1.54, 1.807) is 7.11 Å². The molecule has 7 heteroatoms. The Morgan fingerprint density at radius 3 is 2.55 bits per heavy atom. The van der Waals surface area contributed by atoms with Crippen LogP contribution in [0.25, 0.3) is 0 Å². The van der Waals surface area contributed by atoms with Crippen LogP contribution in [0.3, 0.4) is 0 Å². The third-order valence-electron chi connectivity index (χ3n) is 2.59. The van der Waals surface area contributed by atoms with Crippen molar-refractivity contribution in [2.75, 3.05) is 20.2 Å². The van der Waals surface area contributed by atoms with Crippen molar-refractivity contribution in [1.82, 2.24) is 10.6 Å². The third-order valence-corrected chi connectivity index (χ3v) is 2.59. The number of hydrogen-bond donors (Lipinski definition) is 3. The Labute approximate surface area is 124 Å². The second-order valence-corrected chi connectivity index (χ2v) is 4.06. The van der Waals surface area contributed by atoms with Gasteiger partial charge in [0.15, 0.2) is 0 Å². The lowest BCUT2D eigenvalue weighted by Crippen LogP contribution is -2.39. The van der Waals surface area contributed by atoms with Gasteiger partial charge in [-0.1, -0.05) is 12.1 Å². The predicted octanol–water partition coefficient (Wildman–Crippen LogP) is 0.117. The number of hydrogen-bond acceptors (Lipinski definition) is 4. The van der Waals surface area contributed by atoms with E-state index in [1.165, 1.54) is 0 Å². The fraction of sp³-hybridized carbons (Fsp3) is 0.385. The zero-order valence-electron chi connectivity index (χ0n) is 11.6. The van der Waals surface area contributed by atoms with E-state index in [-0.39, 0.29) is 37.3 Å². The Bertz CT molecular complexity index is 466. The highest BCUT2D eigenvalue weighted by molar-refractivity contribution is 5.85. The van der Waals surface area contributed by atoms with Crippen molar-refractivity contribution in [1.29, 1.82) is 0 Å². The Hall–Kier alpha value is -1.79. The molecule has 20 heavy (non-hydrogen) atoms. The highest BCUT2D eigenvalue weighted by Crippen LogP contribution is 2.18. The second kappa shape index (κ2) is 9.17. The summed E-state index contributed by atoms with van der Waals surface area (Å²) in [6.45, 7) is 2.14. The molecule has 1 aromatic rings. The van der Waals surface area contributed by atoms with Gasteiger partial charge in [0, 0.05) is 6.54 Å². The van der Waals surface area contributed by atoms with Crippen molar-refractivity contribution in [3.05, 3.63) is 29.3 Å². The summed E-state index contributed by atoms with van der Waals surface area (Å²) in [5.41, 5.74) is 7.08. The number of rotatable bonds is 6. The molecule has 0 spiro atoms. The first-order valence-electron chi connectivity index (χ1n) is 5.93. The molecule has 0 radical (unpaired) electrons. The molecule has 0 aliphatic rings. The van der Waals surface area contributed by atoms with E-state index in [9.17, 15) is 9.59 Å². The van der Waals surface area contributed by atoms with E-state index >= 15 is 0 Å². The Balaban J connectivity index is 0.00000361. The number of nitrogens with one attached hydrogen (secondary N) is 2. The quantitative estimate of drug-likeness (QED) is 0.695. The molecule has 4 N–H and O–H groups in total. The summed E-state index contributed by atoms with van der Waals surface area (Å²) in [6, 6.07) is 5.71. The van der Waals surface area contributed by atoms with E-state index in [1.807, 2.05) is 25.1 Å². The topological polar surface area (TPSA) is 93.5 Å². The van der Waals surface area contributed by atoms with Gasteiger partial charge in [-0.15, -0.1) is 12.4 Å². The summed E-state index contributed by atoms with van der Waals surface area (Å²) in [5, 5.41) is 5.10. The lowest BCUT2D eigenvalue weighted by molar-refractivity contribution is -0.125. The molecule has 0 atom stereocenters. The van der Waals surface area contributed by atoms with Crippen LogP contribution in [0.5, 0.6) is 5.75 Å². The fourth-order valence-corrected chi connectivity index (χ4v) is 1.49. The zero-order valence-corrected chi connectivity index (χ0v) is 12.4. The molecule has 0 bridgehead atoms. The summed E-state index contributed by atoms with van der Waals surface area (Å²) in [5.74, 6) is 0.164. The molecule has 0 fully saturated rings. The molecular formula is C13H20ClN3O3. The van der Waals surface area contributed by atoms with Crippen molar-refractivity contribution >= 4 is 24.2 Å². The molecule has 0 saturated heterocycles. The van der Waals surface area contributed by atoms with Gasteiger partial charge < -0.3 is 21.1 Å². The Kier molecular flexibility index (Phi) is 8.35. The van der Waals surface area contributed by atoms with Crippen molar-refractivity contribution in [2.24, 2.45) is 5.73 Å². The SMILES string of the molecule is COc1cc(CNC(=O)CNC(=O)CN)ccc1C.Cl. The van der Waals surface area contributed by atoms with Crippen LogP contribution in [0.15, 0.2) is 18.2 Å². The average molecular weight is 302 g/mol. The highest BCUT2D eigenvalue weighted by Gasteiger charge is 2.05. The van der Waals surface area contributed by atoms with Crippen molar-refractivity contribution < 1.29 is 14.3 Å². The number of nitrogens with two attached hydrogens (primary N) is 1. The van der Waals surface area contributed by atoms with E-state index in [2.05, 4.69) is 10.6 Å². The van der Waals surface area contributed by atoms with E-state index in [0.717, 1.165) is 16.9 Å². The summed E-state index contributed by atoms with van der Waals surface area (Å²) in [7, 11) is 1.60. The first-order chi connectivity index (χ1) is 9.06. The van der Waals surface area contributed by atoms with Crippen LogP contribution >= 0.6 is 12.4 Å². The van der Waals surface area contributed by atoms with Gasteiger partial charge in [-0.05, 0) is 24.1 Å². The first-order valence-corrected chi connectivity index (χ1v) is 5.93. The van der Waals surface area contributed by atoms with Crippen molar-refractivity contribution in [2.45, 2.75) is 13.5 Å². The molecular weight excluding hydrogens is 282 g/mol. The van der Waals surface area contributed by atoms with E-state index in [4.69, 9.17) is 10.5 Å². The average Bonchev–Trinajstić information content (AvgIpc) is 2.43. The summed E-state index contributed by atoms with van der Waals surface area (Å²) in [4.78, 5) is 22.3. The molecule has 2 amide bonds. The third kappa shape index (κ3) is 5.90. The fourth-order valence-electron chi connectivity index (χ4n) is 1.49. The molecule has 112 valence electrons. The molecule has 1 aromatic carbocycles. The van der Waals surface area contributed by atoms with Gasteiger partial charge in [-0.25, -0.2) is 0 Å². The van der Waals surface area contributed by atoms with E-state index < -0.39 is 0 Å². The number of halogens is 1. The molecule has 0 aromatic heterocycles. The minimum atomic E-state index is -0.354. The van der Waals surface area contributed by atoms with Crippen LogP contribution < -0.4 is 21.1 Å². The number of methoxy groups -OCH3 is 1. The number of ether oxygens (including phenoxy) is 1. The van der Waals surface area contributed by atoms with Gasteiger partial charge in [0.1, 0.15) is 5.75 Å². The number of carbonyl (C=O) groups is 2. The smallest absolute Gasteiger partial charge is 0.239 e. The summed E-state index contributed by atoms with van der Waals surface area (Å²) in [6.07, 6.45) is 0. The Morgan fingerprint density at radius 1 is 1.25 bits per heavy atom. The Morgan fingerprint density at radius 2 is 1.95 bits per heavy atom. The molecule has 0 heterocycles. The normalized spacial score (nSPS) is 9.35. The molecule has 0 aliphatic carbocycles. The maximum atomic E-state index is 11.5. The maximum absolute atomic E-state index is 11.5. The van der Waals surface area contributed by atoms with Crippen LogP contribution in [0.4, 0.5) is 0 Å². The van der Waals surface area contributed by atoms with Gasteiger partial charge in [-0.3, -0.25) is 9.59 Å². The minimum absolute atomic E-state index is 0. The number of carbonyl (C=O) groups excluding carboxylic acids is 2. The lowest BCUT2D eigenvalue weighted by Gasteiger charge is -2.09.